The molecule has 0 aromatic heterocycles. The summed E-state index contributed by atoms with van der Waals surface area (Å²) in [6.07, 6.45) is 5.86. The highest BCUT2D eigenvalue weighted by Gasteiger charge is 2.41. The molecule has 2 unspecified atom stereocenters. The van der Waals surface area contributed by atoms with E-state index in [1.165, 1.54) is 0 Å². The minimum Gasteiger partial charge on any atom is -0.353 e. The number of hydrogen-bond donors (Lipinski definition) is 1. The van der Waals surface area contributed by atoms with Crippen LogP contribution in [-0.2, 0) is 14.8 Å². The summed E-state index contributed by atoms with van der Waals surface area (Å²) in [5.74, 6) is 0.427. The van der Waals surface area contributed by atoms with E-state index in [2.05, 4.69) is 5.32 Å². The lowest BCUT2D eigenvalue weighted by atomic mass is 9.86. The number of rotatable bonds is 2. The highest BCUT2D eigenvalue weighted by atomic mass is 32.2. The number of nitrogens with one attached hydrogen (secondary N) is 1. The van der Waals surface area contributed by atoms with Gasteiger partial charge in [-0.25, -0.2) is 12.7 Å². The third-order valence-electron chi connectivity index (χ3n) is 4.87. The van der Waals surface area contributed by atoms with Gasteiger partial charge in [-0.05, 0) is 31.6 Å². The number of carbonyl (C=O) groups is 1. The minimum absolute atomic E-state index is 0.119. The Morgan fingerprint density at radius 3 is 2.58 bits per heavy atom. The second kappa shape index (κ2) is 5.05. The lowest BCUT2D eigenvalue weighted by Crippen LogP contribution is -2.56. The topological polar surface area (TPSA) is 66.5 Å². The zero-order chi connectivity index (χ0) is 13.5. The molecule has 2 aliphatic heterocycles. The van der Waals surface area contributed by atoms with Gasteiger partial charge in [0.15, 0.2) is 0 Å². The van der Waals surface area contributed by atoms with Crippen molar-refractivity contribution in [3.05, 3.63) is 0 Å². The molecule has 6 heteroatoms. The Balaban J connectivity index is 1.69. The summed E-state index contributed by atoms with van der Waals surface area (Å²) in [5, 5.41) is 2.85. The molecule has 2 heterocycles. The normalized spacial score (nSPS) is 34.0. The van der Waals surface area contributed by atoms with Gasteiger partial charge in [0.05, 0.1) is 5.25 Å². The number of sulfonamides is 1. The Hall–Kier alpha value is -0.620. The molecule has 5 nitrogen and oxygen atoms in total. The van der Waals surface area contributed by atoms with Crippen LogP contribution in [0.5, 0.6) is 0 Å². The van der Waals surface area contributed by atoms with Crippen LogP contribution in [-0.4, -0.2) is 43.0 Å². The molecule has 1 N–H and O–H groups in total. The maximum absolute atomic E-state index is 12.6. The Bertz CT molecular complexity index is 457. The fourth-order valence-corrected chi connectivity index (χ4v) is 5.81. The smallest absolute Gasteiger partial charge is 0.220 e. The van der Waals surface area contributed by atoms with Crippen molar-refractivity contribution in [2.24, 2.45) is 5.92 Å². The monoisotopic (exact) mass is 286 g/mol. The molecular formula is C13H22N2O3S. The maximum atomic E-state index is 12.6. The maximum Gasteiger partial charge on any atom is 0.220 e. The Kier molecular flexibility index (Phi) is 3.55. The average molecular weight is 286 g/mol. The van der Waals surface area contributed by atoms with Crippen molar-refractivity contribution in [1.29, 1.82) is 0 Å². The first-order chi connectivity index (χ1) is 9.07. The second-order valence-corrected chi connectivity index (χ2v) is 8.28. The molecule has 108 valence electrons. The van der Waals surface area contributed by atoms with Gasteiger partial charge < -0.3 is 5.32 Å². The van der Waals surface area contributed by atoms with E-state index in [-0.39, 0.29) is 17.2 Å². The van der Waals surface area contributed by atoms with Crippen LogP contribution < -0.4 is 5.32 Å². The van der Waals surface area contributed by atoms with Crippen LogP contribution in [0.3, 0.4) is 0 Å². The summed E-state index contributed by atoms with van der Waals surface area (Å²) < 4.78 is 26.8. The number of nitrogens with zero attached hydrogens (tertiary/aromatic N) is 1. The lowest BCUT2D eigenvalue weighted by Gasteiger charge is -2.41. The number of piperidine rings is 2. The second-order valence-electron chi connectivity index (χ2n) is 6.07. The van der Waals surface area contributed by atoms with E-state index >= 15 is 0 Å². The van der Waals surface area contributed by atoms with E-state index in [4.69, 9.17) is 0 Å². The summed E-state index contributed by atoms with van der Waals surface area (Å²) in [4.78, 5) is 11.4. The van der Waals surface area contributed by atoms with Crippen LogP contribution in [0.15, 0.2) is 0 Å². The molecule has 0 radical (unpaired) electrons. The highest BCUT2D eigenvalue weighted by Crippen LogP contribution is 2.32. The third kappa shape index (κ3) is 2.52. The van der Waals surface area contributed by atoms with Crippen LogP contribution in [0.1, 0.15) is 44.9 Å². The molecule has 1 amide bonds. The number of carbonyl (C=O) groups excluding carboxylic acids is 1. The SMILES string of the molecule is O=C1CCC2CN(S(=O)(=O)C3CCCC3)CCC2N1. The first-order valence-corrected chi connectivity index (χ1v) is 8.86. The van der Waals surface area contributed by atoms with Gasteiger partial charge in [0.25, 0.3) is 0 Å². The van der Waals surface area contributed by atoms with E-state index in [1.807, 2.05) is 0 Å². The van der Waals surface area contributed by atoms with E-state index in [1.54, 1.807) is 4.31 Å². The van der Waals surface area contributed by atoms with Crippen LogP contribution >= 0.6 is 0 Å². The van der Waals surface area contributed by atoms with Gasteiger partial charge in [0, 0.05) is 25.6 Å². The van der Waals surface area contributed by atoms with Crippen LogP contribution in [0.2, 0.25) is 0 Å². The van der Waals surface area contributed by atoms with Crippen LogP contribution in [0.4, 0.5) is 0 Å². The molecule has 0 aromatic rings. The van der Waals surface area contributed by atoms with Gasteiger partial charge in [-0.2, -0.15) is 0 Å². The Labute approximate surface area is 114 Å². The summed E-state index contributed by atoms with van der Waals surface area (Å²) in [7, 11) is -3.11. The zero-order valence-corrected chi connectivity index (χ0v) is 12.0. The fraction of sp³-hybridized carbons (Fsp3) is 0.923. The van der Waals surface area contributed by atoms with Crippen molar-refractivity contribution in [2.45, 2.75) is 56.2 Å². The number of amides is 1. The van der Waals surface area contributed by atoms with Gasteiger partial charge in [-0.15, -0.1) is 0 Å². The summed E-state index contributed by atoms with van der Waals surface area (Å²) in [5.41, 5.74) is 0. The molecular weight excluding hydrogens is 264 g/mol. The summed E-state index contributed by atoms with van der Waals surface area (Å²) in [6, 6.07) is 0.191. The minimum atomic E-state index is -3.11. The van der Waals surface area contributed by atoms with Crippen molar-refractivity contribution in [1.82, 2.24) is 9.62 Å². The first kappa shape index (κ1) is 13.4. The van der Waals surface area contributed by atoms with Crippen LogP contribution in [0, 0.1) is 5.92 Å². The molecule has 3 rings (SSSR count). The average Bonchev–Trinajstić information content (AvgIpc) is 2.92. The number of fused-ring (bicyclic) bond motifs is 1. The van der Waals surface area contributed by atoms with E-state index < -0.39 is 10.0 Å². The zero-order valence-electron chi connectivity index (χ0n) is 11.2. The van der Waals surface area contributed by atoms with Crippen molar-refractivity contribution in [3.63, 3.8) is 0 Å². The molecule has 3 aliphatic rings. The molecule has 2 atom stereocenters. The highest BCUT2D eigenvalue weighted by molar-refractivity contribution is 7.89. The summed E-state index contributed by atoms with van der Waals surface area (Å²) >= 11 is 0. The van der Waals surface area contributed by atoms with Gasteiger partial charge >= 0.3 is 0 Å². The van der Waals surface area contributed by atoms with Crippen molar-refractivity contribution < 1.29 is 13.2 Å². The lowest BCUT2D eigenvalue weighted by molar-refractivity contribution is -0.124. The Morgan fingerprint density at radius 2 is 1.84 bits per heavy atom. The predicted molar refractivity (Wildman–Crippen MR) is 72.0 cm³/mol. The molecule has 1 saturated carbocycles. The molecule has 19 heavy (non-hydrogen) atoms. The molecule has 0 aromatic carbocycles. The largest absolute Gasteiger partial charge is 0.353 e. The van der Waals surface area contributed by atoms with Gasteiger partial charge in [-0.3, -0.25) is 4.79 Å². The first-order valence-electron chi connectivity index (χ1n) is 7.35. The van der Waals surface area contributed by atoms with Gasteiger partial charge in [0.2, 0.25) is 15.9 Å². The quantitative estimate of drug-likeness (QED) is 0.818. The van der Waals surface area contributed by atoms with Crippen molar-refractivity contribution in [2.75, 3.05) is 13.1 Å². The number of hydrogen-bond acceptors (Lipinski definition) is 3. The van der Waals surface area contributed by atoms with E-state index in [0.717, 1.165) is 38.5 Å². The third-order valence-corrected chi connectivity index (χ3v) is 7.23. The molecule has 3 fully saturated rings. The van der Waals surface area contributed by atoms with E-state index in [9.17, 15) is 13.2 Å². The van der Waals surface area contributed by atoms with Crippen LogP contribution in [0.25, 0.3) is 0 Å². The van der Waals surface area contributed by atoms with Crippen molar-refractivity contribution >= 4 is 15.9 Å². The summed E-state index contributed by atoms with van der Waals surface area (Å²) in [6.45, 7) is 1.17. The molecule has 0 bridgehead atoms. The van der Waals surface area contributed by atoms with Gasteiger partial charge in [-0.1, -0.05) is 12.8 Å². The van der Waals surface area contributed by atoms with Crippen molar-refractivity contribution in [3.8, 4) is 0 Å². The molecule has 0 spiro atoms. The predicted octanol–water partition coefficient (Wildman–Crippen LogP) is 0.859. The Morgan fingerprint density at radius 1 is 1.11 bits per heavy atom. The molecule has 2 saturated heterocycles. The fourth-order valence-electron chi connectivity index (χ4n) is 3.70. The standard InChI is InChI=1S/C13H22N2O3S/c16-13-6-5-10-9-15(8-7-12(10)14-13)19(17,18)11-3-1-2-4-11/h10-12H,1-9H2,(H,14,16). The van der Waals surface area contributed by atoms with Gasteiger partial charge in [0.1, 0.15) is 0 Å². The molecule has 1 aliphatic carbocycles. The van der Waals surface area contributed by atoms with E-state index in [0.29, 0.717) is 25.4 Å².